The number of hydrogen-bond acceptors (Lipinski definition) is 5. The van der Waals surface area contributed by atoms with E-state index in [2.05, 4.69) is 54.4 Å². The lowest BCUT2D eigenvalue weighted by Crippen LogP contribution is -2.35. The summed E-state index contributed by atoms with van der Waals surface area (Å²) in [6, 6.07) is 0. The summed E-state index contributed by atoms with van der Waals surface area (Å²) in [5, 5.41) is 8.96. The number of nitrogens with zero attached hydrogens (tertiary/aromatic N) is 8. The fraction of sp³-hybridized carbons (Fsp3) is 0.579. The number of piperidine rings is 1. The molecule has 0 aromatic carbocycles. The molecule has 27 heavy (non-hydrogen) atoms. The second-order valence-electron chi connectivity index (χ2n) is 7.38. The Morgan fingerprint density at radius 3 is 2.85 bits per heavy atom. The molecule has 0 radical (unpaired) electrons. The fourth-order valence-electron chi connectivity index (χ4n) is 3.96. The number of aromatic nitrogens is 7. The molecule has 0 N–H and O–H groups in total. The van der Waals surface area contributed by atoms with Crippen molar-refractivity contribution in [1.29, 1.82) is 0 Å². The molecule has 1 unspecified atom stereocenters. The molecule has 144 valence electrons. The Labute approximate surface area is 159 Å². The Morgan fingerprint density at radius 2 is 2.04 bits per heavy atom. The highest BCUT2D eigenvalue weighted by atomic mass is 15.3. The smallest absolute Gasteiger partial charge is 0.152 e. The Kier molecular flexibility index (Phi) is 5.33. The van der Waals surface area contributed by atoms with Crippen molar-refractivity contribution in [3.05, 3.63) is 48.6 Å². The maximum Gasteiger partial charge on any atom is 0.152 e. The van der Waals surface area contributed by atoms with Gasteiger partial charge in [-0.2, -0.15) is 0 Å². The third-order valence-electron chi connectivity index (χ3n) is 5.38. The molecule has 8 nitrogen and oxygen atoms in total. The number of likely N-dealkylation sites (tertiary alicyclic amines) is 1. The second kappa shape index (κ2) is 8.04. The third kappa shape index (κ3) is 3.95. The van der Waals surface area contributed by atoms with Gasteiger partial charge in [0, 0.05) is 50.8 Å². The standard InChI is InChI=1S/C19H28N8/c1-3-8-27-11-7-21-17(27)13-25-9-4-5-16(12-25)19-23-22-18(24(19)2)14-26-10-6-20-15-26/h6-7,10-11,15-16H,3-5,8-9,12-14H2,1-2H3. The summed E-state index contributed by atoms with van der Waals surface area (Å²) in [4.78, 5) is 11.2. The summed E-state index contributed by atoms with van der Waals surface area (Å²) < 4.78 is 6.45. The highest BCUT2D eigenvalue weighted by molar-refractivity contribution is 5.05. The van der Waals surface area contributed by atoms with Gasteiger partial charge in [-0.25, -0.2) is 9.97 Å². The summed E-state index contributed by atoms with van der Waals surface area (Å²) in [5.74, 6) is 3.64. The topological polar surface area (TPSA) is 69.6 Å². The number of imidazole rings is 2. The van der Waals surface area contributed by atoms with Crippen molar-refractivity contribution < 1.29 is 0 Å². The minimum atomic E-state index is 0.419. The molecule has 3 aromatic rings. The molecule has 8 heteroatoms. The number of hydrogen-bond donors (Lipinski definition) is 0. The van der Waals surface area contributed by atoms with E-state index in [1.807, 2.05) is 23.3 Å². The van der Waals surface area contributed by atoms with Crippen LogP contribution in [0, 0.1) is 0 Å². The molecule has 1 aliphatic rings. The van der Waals surface area contributed by atoms with E-state index in [1.54, 1.807) is 6.20 Å². The van der Waals surface area contributed by atoms with E-state index in [-0.39, 0.29) is 0 Å². The lowest BCUT2D eigenvalue weighted by molar-refractivity contribution is 0.188. The van der Waals surface area contributed by atoms with Gasteiger partial charge in [0.1, 0.15) is 11.6 Å². The first-order valence-electron chi connectivity index (χ1n) is 9.81. The van der Waals surface area contributed by atoms with Crippen molar-refractivity contribution in [2.24, 2.45) is 7.05 Å². The Hall–Kier alpha value is -2.48. The Bertz CT molecular complexity index is 847. The van der Waals surface area contributed by atoms with Crippen LogP contribution >= 0.6 is 0 Å². The maximum absolute atomic E-state index is 4.57. The second-order valence-corrected chi connectivity index (χ2v) is 7.38. The summed E-state index contributed by atoms with van der Waals surface area (Å²) in [7, 11) is 2.08. The van der Waals surface area contributed by atoms with Crippen LogP contribution in [0.15, 0.2) is 31.1 Å². The van der Waals surface area contributed by atoms with Gasteiger partial charge in [0.2, 0.25) is 0 Å². The zero-order valence-electron chi connectivity index (χ0n) is 16.2. The van der Waals surface area contributed by atoms with Crippen LogP contribution < -0.4 is 0 Å². The number of aryl methyl sites for hydroxylation is 1. The van der Waals surface area contributed by atoms with E-state index >= 15 is 0 Å². The monoisotopic (exact) mass is 368 g/mol. The van der Waals surface area contributed by atoms with Crippen molar-refractivity contribution in [3.8, 4) is 0 Å². The van der Waals surface area contributed by atoms with Crippen LogP contribution in [-0.4, -0.2) is 51.9 Å². The van der Waals surface area contributed by atoms with Crippen LogP contribution in [0.5, 0.6) is 0 Å². The highest BCUT2D eigenvalue weighted by Gasteiger charge is 2.26. The summed E-state index contributed by atoms with van der Waals surface area (Å²) >= 11 is 0. The average molecular weight is 368 g/mol. The first kappa shape index (κ1) is 17.9. The zero-order chi connectivity index (χ0) is 18.6. The Morgan fingerprint density at radius 1 is 1.11 bits per heavy atom. The van der Waals surface area contributed by atoms with Gasteiger partial charge in [0.15, 0.2) is 5.82 Å². The summed E-state index contributed by atoms with van der Waals surface area (Å²) in [5.41, 5.74) is 0. The minimum absolute atomic E-state index is 0.419. The molecule has 0 amide bonds. The van der Waals surface area contributed by atoms with Gasteiger partial charge in [-0.15, -0.1) is 10.2 Å². The quantitative estimate of drug-likeness (QED) is 0.638. The van der Waals surface area contributed by atoms with Gasteiger partial charge in [0.25, 0.3) is 0 Å². The van der Waals surface area contributed by atoms with Crippen LogP contribution in [-0.2, 0) is 26.7 Å². The molecule has 1 fully saturated rings. The SMILES string of the molecule is CCCn1ccnc1CN1CCCC(c2nnc(Cn3ccnc3)n2C)C1. The fourth-order valence-corrected chi connectivity index (χ4v) is 3.96. The molecule has 0 aliphatic carbocycles. The minimum Gasteiger partial charge on any atom is -0.334 e. The van der Waals surface area contributed by atoms with E-state index in [4.69, 9.17) is 0 Å². The molecule has 4 heterocycles. The number of rotatable bonds is 7. The predicted molar refractivity (Wildman–Crippen MR) is 102 cm³/mol. The lowest BCUT2D eigenvalue weighted by Gasteiger charge is -2.32. The van der Waals surface area contributed by atoms with Crippen molar-refractivity contribution in [3.63, 3.8) is 0 Å². The molecule has 0 spiro atoms. The summed E-state index contributed by atoms with van der Waals surface area (Å²) in [6.45, 7) is 6.98. The van der Waals surface area contributed by atoms with E-state index in [0.717, 1.165) is 56.5 Å². The van der Waals surface area contributed by atoms with Crippen molar-refractivity contribution in [1.82, 2.24) is 38.8 Å². The largest absolute Gasteiger partial charge is 0.334 e. The normalized spacial score (nSPS) is 18.2. The van der Waals surface area contributed by atoms with E-state index in [1.165, 1.54) is 6.42 Å². The molecule has 1 atom stereocenters. The predicted octanol–water partition coefficient (Wildman–Crippen LogP) is 2.05. The Balaban J connectivity index is 1.44. The van der Waals surface area contributed by atoms with Crippen molar-refractivity contribution in [2.75, 3.05) is 13.1 Å². The van der Waals surface area contributed by atoms with E-state index in [0.29, 0.717) is 12.5 Å². The molecule has 1 saturated heterocycles. The van der Waals surface area contributed by atoms with Gasteiger partial charge >= 0.3 is 0 Å². The van der Waals surface area contributed by atoms with Crippen LogP contribution in [0.1, 0.15) is 49.6 Å². The lowest BCUT2D eigenvalue weighted by atomic mass is 9.97. The van der Waals surface area contributed by atoms with E-state index in [9.17, 15) is 0 Å². The third-order valence-corrected chi connectivity index (χ3v) is 5.38. The first-order valence-corrected chi connectivity index (χ1v) is 9.81. The van der Waals surface area contributed by atoms with Gasteiger partial charge in [-0.05, 0) is 25.8 Å². The molecular formula is C19H28N8. The maximum atomic E-state index is 4.57. The molecule has 3 aromatic heterocycles. The van der Waals surface area contributed by atoms with E-state index < -0.39 is 0 Å². The van der Waals surface area contributed by atoms with Gasteiger partial charge in [-0.1, -0.05) is 6.92 Å². The van der Waals surface area contributed by atoms with Crippen LogP contribution in [0.25, 0.3) is 0 Å². The van der Waals surface area contributed by atoms with Gasteiger partial charge < -0.3 is 13.7 Å². The van der Waals surface area contributed by atoms with Gasteiger partial charge in [0.05, 0.1) is 19.4 Å². The molecule has 0 bridgehead atoms. The summed E-state index contributed by atoms with van der Waals surface area (Å²) in [6.07, 6.45) is 13.0. The van der Waals surface area contributed by atoms with Crippen LogP contribution in [0.3, 0.4) is 0 Å². The van der Waals surface area contributed by atoms with Crippen molar-refractivity contribution in [2.45, 2.75) is 51.7 Å². The zero-order valence-corrected chi connectivity index (χ0v) is 16.2. The highest BCUT2D eigenvalue weighted by Crippen LogP contribution is 2.26. The molecule has 4 rings (SSSR count). The molecule has 1 aliphatic heterocycles. The van der Waals surface area contributed by atoms with Crippen LogP contribution in [0.2, 0.25) is 0 Å². The van der Waals surface area contributed by atoms with Crippen LogP contribution in [0.4, 0.5) is 0 Å². The molecule has 0 saturated carbocycles. The van der Waals surface area contributed by atoms with Crippen molar-refractivity contribution >= 4 is 0 Å². The average Bonchev–Trinajstić information content (AvgIpc) is 3.40. The molecular weight excluding hydrogens is 340 g/mol. The van der Waals surface area contributed by atoms with Gasteiger partial charge in [-0.3, -0.25) is 4.90 Å². The first-order chi connectivity index (χ1) is 13.2.